The first-order chi connectivity index (χ1) is 20.1. The van der Waals surface area contributed by atoms with E-state index in [9.17, 15) is 9.59 Å². The summed E-state index contributed by atoms with van der Waals surface area (Å²) in [7, 11) is 0. The van der Waals surface area contributed by atoms with Crippen LogP contribution in [0.15, 0.2) is 54.1 Å². The van der Waals surface area contributed by atoms with Crippen molar-refractivity contribution in [3.8, 4) is 16.9 Å². The predicted molar refractivity (Wildman–Crippen MR) is 168 cm³/mol. The number of anilines is 1. The molecule has 9 nitrogen and oxygen atoms in total. The summed E-state index contributed by atoms with van der Waals surface area (Å²) < 4.78 is 1.55. The first-order valence-electron chi connectivity index (χ1n) is 14.3. The minimum Gasteiger partial charge on any atom is -0.349 e. The molecule has 218 valence electrons. The van der Waals surface area contributed by atoms with Crippen LogP contribution in [0.2, 0.25) is 5.02 Å². The van der Waals surface area contributed by atoms with Gasteiger partial charge in [-0.15, -0.1) is 0 Å². The highest BCUT2D eigenvalue weighted by Gasteiger charge is 2.34. The number of benzene rings is 1. The summed E-state index contributed by atoms with van der Waals surface area (Å²) in [6, 6.07) is 9.50. The normalized spacial score (nSPS) is 17.2. The molecule has 0 spiro atoms. The van der Waals surface area contributed by atoms with E-state index in [-0.39, 0.29) is 23.9 Å². The second-order valence-corrected chi connectivity index (χ2v) is 11.6. The average Bonchev–Trinajstić information content (AvgIpc) is 2.97. The molecular weight excluding hydrogens is 550 g/mol. The summed E-state index contributed by atoms with van der Waals surface area (Å²) in [5.41, 5.74) is 4.52. The van der Waals surface area contributed by atoms with Crippen molar-refractivity contribution in [2.45, 2.75) is 66.0 Å². The number of amides is 1. The van der Waals surface area contributed by atoms with Crippen LogP contribution in [0, 0.1) is 6.92 Å². The molecule has 4 aromatic rings. The third-order valence-electron chi connectivity index (χ3n) is 7.95. The zero-order valence-electron chi connectivity index (χ0n) is 24.9. The molecule has 0 saturated carbocycles. The van der Waals surface area contributed by atoms with E-state index in [2.05, 4.69) is 26.4 Å². The summed E-state index contributed by atoms with van der Waals surface area (Å²) in [5.74, 6) is 0.393. The van der Waals surface area contributed by atoms with Crippen LogP contribution in [0.3, 0.4) is 0 Å². The third-order valence-corrected chi connectivity index (χ3v) is 8.24. The number of pyridine rings is 1. The molecule has 0 unspecified atom stereocenters. The molecule has 0 bridgehead atoms. The molecule has 1 aliphatic heterocycles. The highest BCUT2D eigenvalue weighted by Crippen LogP contribution is 2.36. The van der Waals surface area contributed by atoms with Crippen LogP contribution in [0.4, 0.5) is 5.82 Å². The Kier molecular flexibility index (Phi) is 8.14. The number of hydrogen-bond donors (Lipinski definition) is 0. The van der Waals surface area contributed by atoms with Crippen LogP contribution in [0.25, 0.3) is 28.0 Å². The fourth-order valence-corrected chi connectivity index (χ4v) is 6.01. The second-order valence-electron chi connectivity index (χ2n) is 11.2. The molecular formula is C32H36ClN7O2. The van der Waals surface area contributed by atoms with Crippen LogP contribution in [-0.2, 0) is 11.2 Å². The lowest BCUT2D eigenvalue weighted by molar-refractivity contribution is -0.128. The Morgan fingerprint density at radius 1 is 1.14 bits per heavy atom. The smallest absolute Gasteiger partial charge is 0.349 e. The summed E-state index contributed by atoms with van der Waals surface area (Å²) in [5, 5.41) is 1.09. The SMILES string of the molecule is C=CC(=O)N1C[C@H](C)N(c2nc(=O)n(-c3c(CC)ncnc3C(C)C)c3nc(-c4ccccc4C)c(Cl)cc23)C[C@H]1C. The Bertz CT molecular complexity index is 1750. The van der Waals surface area contributed by atoms with E-state index in [1.165, 1.54) is 6.08 Å². The van der Waals surface area contributed by atoms with E-state index >= 15 is 0 Å². The fraction of sp³-hybridized carbons (Fsp3) is 0.375. The first kappa shape index (κ1) is 29.4. The van der Waals surface area contributed by atoms with Crippen molar-refractivity contribution in [3.63, 3.8) is 0 Å². The van der Waals surface area contributed by atoms with E-state index in [1.54, 1.807) is 15.8 Å². The van der Waals surface area contributed by atoms with E-state index in [1.807, 2.05) is 71.9 Å². The molecule has 3 aromatic heterocycles. The standard InChI is InChI=1S/C32H36ClN7O2/c1-8-25-29(27(18(3)4)35-17-34-25)40-31-23(14-24(33)28(36-31)22-13-11-10-12-19(22)5)30(37-32(40)42)39-16-20(6)38(15-21(39)7)26(41)9-2/h9-14,17-18,20-21H,2,8,15-16H2,1,3-7H3/t20-,21+/m1/s1. The molecule has 1 fully saturated rings. The number of piperazine rings is 1. The predicted octanol–water partition coefficient (Wildman–Crippen LogP) is 5.50. The van der Waals surface area contributed by atoms with Gasteiger partial charge < -0.3 is 9.80 Å². The van der Waals surface area contributed by atoms with Gasteiger partial charge in [-0.25, -0.2) is 24.3 Å². The first-order valence-corrected chi connectivity index (χ1v) is 14.7. The molecule has 42 heavy (non-hydrogen) atoms. The molecule has 1 aliphatic rings. The van der Waals surface area contributed by atoms with E-state index in [4.69, 9.17) is 16.6 Å². The van der Waals surface area contributed by atoms with Crippen molar-refractivity contribution in [1.29, 1.82) is 0 Å². The maximum Gasteiger partial charge on any atom is 0.355 e. The lowest BCUT2D eigenvalue weighted by atomic mass is 10.0. The van der Waals surface area contributed by atoms with Crippen LogP contribution < -0.4 is 10.6 Å². The van der Waals surface area contributed by atoms with Gasteiger partial charge in [0.05, 0.1) is 33.2 Å². The van der Waals surface area contributed by atoms with Crippen molar-refractivity contribution in [1.82, 2.24) is 29.4 Å². The molecule has 1 aromatic carbocycles. The van der Waals surface area contributed by atoms with Crippen LogP contribution >= 0.6 is 11.6 Å². The largest absolute Gasteiger partial charge is 0.355 e. The fourth-order valence-electron chi connectivity index (χ4n) is 5.76. The van der Waals surface area contributed by atoms with E-state index < -0.39 is 5.69 Å². The number of aryl methyl sites for hydroxylation is 2. The zero-order valence-corrected chi connectivity index (χ0v) is 25.7. The van der Waals surface area contributed by atoms with Crippen LogP contribution in [0.5, 0.6) is 0 Å². The second kappa shape index (κ2) is 11.6. The molecule has 4 heterocycles. The number of nitrogens with zero attached hydrogens (tertiary/aromatic N) is 7. The number of hydrogen-bond acceptors (Lipinski definition) is 7. The number of aromatic nitrogens is 5. The molecule has 0 radical (unpaired) electrons. The van der Waals surface area contributed by atoms with Gasteiger partial charge in [-0.3, -0.25) is 4.79 Å². The zero-order chi connectivity index (χ0) is 30.3. The lowest BCUT2D eigenvalue weighted by Gasteiger charge is -2.44. The van der Waals surface area contributed by atoms with Crippen molar-refractivity contribution in [3.05, 3.63) is 81.8 Å². The Labute approximate surface area is 250 Å². The molecule has 2 atom stereocenters. The minimum absolute atomic E-state index is 0.0226. The number of halogens is 1. The van der Waals surface area contributed by atoms with Gasteiger partial charge in [0.2, 0.25) is 5.91 Å². The molecule has 0 aliphatic carbocycles. The van der Waals surface area contributed by atoms with Crippen molar-refractivity contribution in [2.24, 2.45) is 0 Å². The average molecular weight is 586 g/mol. The third kappa shape index (κ3) is 5.06. The summed E-state index contributed by atoms with van der Waals surface area (Å²) in [4.78, 5) is 49.4. The minimum atomic E-state index is -0.473. The van der Waals surface area contributed by atoms with E-state index in [0.717, 1.165) is 22.5 Å². The van der Waals surface area contributed by atoms with Gasteiger partial charge in [0, 0.05) is 30.7 Å². The summed E-state index contributed by atoms with van der Waals surface area (Å²) >= 11 is 6.96. The molecule has 5 rings (SSSR count). The topological polar surface area (TPSA) is 97.1 Å². The van der Waals surface area contributed by atoms with Crippen LogP contribution in [0.1, 0.15) is 57.5 Å². The quantitative estimate of drug-likeness (QED) is 0.276. The van der Waals surface area contributed by atoms with Gasteiger partial charge in [0.15, 0.2) is 5.65 Å². The highest BCUT2D eigenvalue weighted by atomic mass is 35.5. The van der Waals surface area contributed by atoms with Crippen molar-refractivity contribution in [2.75, 3.05) is 18.0 Å². The van der Waals surface area contributed by atoms with E-state index in [0.29, 0.717) is 52.8 Å². The molecule has 1 amide bonds. The van der Waals surface area contributed by atoms with Gasteiger partial charge >= 0.3 is 5.69 Å². The number of fused-ring (bicyclic) bond motifs is 1. The monoisotopic (exact) mass is 585 g/mol. The van der Waals surface area contributed by atoms with Gasteiger partial charge in [0.1, 0.15) is 12.1 Å². The highest BCUT2D eigenvalue weighted by molar-refractivity contribution is 6.34. The Balaban J connectivity index is 1.84. The van der Waals surface area contributed by atoms with Crippen molar-refractivity contribution >= 4 is 34.4 Å². The van der Waals surface area contributed by atoms with Crippen LogP contribution in [-0.4, -0.2) is 60.5 Å². The Morgan fingerprint density at radius 3 is 2.55 bits per heavy atom. The van der Waals surface area contributed by atoms with Gasteiger partial charge in [0.25, 0.3) is 0 Å². The van der Waals surface area contributed by atoms with Gasteiger partial charge in [-0.1, -0.05) is 63.2 Å². The number of rotatable bonds is 6. The van der Waals surface area contributed by atoms with Crippen molar-refractivity contribution < 1.29 is 4.79 Å². The Morgan fingerprint density at radius 2 is 1.88 bits per heavy atom. The van der Waals surface area contributed by atoms with Gasteiger partial charge in [-0.05, 0) is 50.8 Å². The maximum absolute atomic E-state index is 14.2. The summed E-state index contributed by atoms with van der Waals surface area (Å²) in [6.45, 7) is 16.7. The number of carbonyl (C=O) groups is 1. The lowest BCUT2D eigenvalue weighted by Crippen LogP contribution is -2.58. The number of carbonyl (C=O) groups excluding carboxylic acids is 1. The molecule has 1 saturated heterocycles. The Hall–Kier alpha value is -4.11. The molecule has 10 heteroatoms. The van der Waals surface area contributed by atoms with Gasteiger partial charge in [-0.2, -0.15) is 4.98 Å². The molecule has 0 N–H and O–H groups in total. The maximum atomic E-state index is 14.2. The summed E-state index contributed by atoms with van der Waals surface area (Å²) in [6.07, 6.45) is 3.48.